The molecular weight excluding hydrogens is 318 g/mol. The van der Waals surface area contributed by atoms with Crippen molar-refractivity contribution in [1.82, 2.24) is 14.7 Å². The summed E-state index contributed by atoms with van der Waals surface area (Å²) in [6, 6.07) is 9.58. The molecule has 2 heterocycles. The van der Waals surface area contributed by atoms with Crippen LogP contribution in [0.3, 0.4) is 0 Å². The zero-order valence-corrected chi connectivity index (χ0v) is 14.0. The first kappa shape index (κ1) is 15.9. The predicted molar refractivity (Wildman–Crippen MR) is 91.3 cm³/mol. The number of aliphatic carboxylic acids is 1. The number of benzene rings is 1. The lowest BCUT2D eigenvalue weighted by Gasteiger charge is -2.32. The number of amides is 1. The molecule has 130 valence electrons. The highest BCUT2D eigenvalue weighted by atomic mass is 16.4. The SMILES string of the molecule is O=C(O)[C@@H]1CN(C(=O)c2ccn(C3CCCC3)n2)Cc2ccccc21. The summed E-state index contributed by atoms with van der Waals surface area (Å²) in [5.41, 5.74) is 2.09. The Kier molecular flexibility index (Phi) is 4.03. The van der Waals surface area contributed by atoms with Crippen molar-refractivity contribution in [2.75, 3.05) is 6.54 Å². The number of rotatable bonds is 3. The number of carbonyl (C=O) groups is 2. The van der Waals surface area contributed by atoms with Crippen LogP contribution in [-0.4, -0.2) is 38.2 Å². The van der Waals surface area contributed by atoms with Crippen molar-refractivity contribution in [3.8, 4) is 0 Å². The lowest BCUT2D eigenvalue weighted by atomic mass is 9.89. The van der Waals surface area contributed by atoms with E-state index in [9.17, 15) is 14.7 Å². The van der Waals surface area contributed by atoms with E-state index < -0.39 is 11.9 Å². The van der Waals surface area contributed by atoms with E-state index in [4.69, 9.17) is 0 Å². The Labute approximate surface area is 146 Å². The van der Waals surface area contributed by atoms with Gasteiger partial charge in [-0.3, -0.25) is 14.3 Å². The van der Waals surface area contributed by atoms with Crippen LogP contribution in [-0.2, 0) is 11.3 Å². The Morgan fingerprint density at radius 3 is 2.64 bits per heavy atom. The third-order valence-corrected chi connectivity index (χ3v) is 5.31. The average molecular weight is 339 g/mol. The minimum absolute atomic E-state index is 0.182. The third-order valence-electron chi connectivity index (χ3n) is 5.31. The van der Waals surface area contributed by atoms with Gasteiger partial charge in [0, 0.05) is 19.3 Å². The van der Waals surface area contributed by atoms with Gasteiger partial charge in [0.25, 0.3) is 5.91 Å². The Morgan fingerprint density at radius 1 is 1.12 bits per heavy atom. The molecule has 6 nitrogen and oxygen atoms in total. The number of hydrogen-bond acceptors (Lipinski definition) is 3. The number of carbonyl (C=O) groups excluding carboxylic acids is 1. The van der Waals surface area contributed by atoms with Gasteiger partial charge in [0.05, 0.1) is 12.0 Å². The maximum absolute atomic E-state index is 12.9. The van der Waals surface area contributed by atoms with Gasteiger partial charge in [0.1, 0.15) is 5.69 Å². The molecule has 1 aromatic heterocycles. The molecule has 1 fully saturated rings. The molecule has 0 radical (unpaired) electrons. The zero-order valence-electron chi connectivity index (χ0n) is 14.0. The van der Waals surface area contributed by atoms with Crippen LogP contribution in [0.5, 0.6) is 0 Å². The van der Waals surface area contributed by atoms with Gasteiger partial charge in [-0.25, -0.2) is 0 Å². The second-order valence-electron chi connectivity index (χ2n) is 6.89. The fourth-order valence-electron chi connectivity index (χ4n) is 3.96. The number of hydrogen-bond donors (Lipinski definition) is 1. The monoisotopic (exact) mass is 339 g/mol. The number of carboxylic acids is 1. The summed E-state index contributed by atoms with van der Waals surface area (Å²) >= 11 is 0. The van der Waals surface area contributed by atoms with Crippen molar-refractivity contribution in [2.45, 2.75) is 44.2 Å². The van der Waals surface area contributed by atoms with E-state index >= 15 is 0 Å². The minimum atomic E-state index is -0.901. The van der Waals surface area contributed by atoms with E-state index in [0.29, 0.717) is 18.3 Å². The van der Waals surface area contributed by atoms with Crippen LogP contribution in [0.4, 0.5) is 0 Å². The fraction of sp³-hybridized carbons (Fsp3) is 0.421. The van der Waals surface area contributed by atoms with Crippen molar-refractivity contribution in [2.24, 2.45) is 0 Å². The van der Waals surface area contributed by atoms with Crippen molar-refractivity contribution < 1.29 is 14.7 Å². The normalized spacial score (nSPS) is 20.5. The summed E-state index contributed by atoms with van der Waals surface area (Å²) < 4.78 is 1.90. The molecule has 1 saturated carbocycles. The van der Waals surface area contributed by atoms with E-state index in [-0.39, 0.29) is 12.5 Å². The molecule has 1 aromatic carbocycles. The Bertz CT molecular complexity index is 808. The third kappa shape index (κ3) is 2.92. The number of nitrogens with zero attached hydrogens (tertiary/aromatic N) is 3. The van der Waals surface area contributed by atoms with Gasteiger partial charge in [-0.2, -0.15) is 5.10 Å². The highest BCUT2D eigenvalue weighted by molar-refractivity contribution is 5.93. The lowest BCUT2D eigenvalue weighted by molar-refractivity contribution is -0.139. The summed E-state index contributed by atoms with van der Waals surface area (Å²) in [6.45, 7) is 0.608. The van der Waals surface area contributed by atoms with E-state index in [0.717, 1.165) is 24.0 Å². The van der Waals surface area contributed by atoms with Gasteiger partial charge in [-0.05, 0) is 30.0 Å². The molecule has 2 aliphatic rings. The molecule has 0 spiro atoms. The predicted octanol–water partition coefficient (Wildman–Crippen LogP) is 2.82. The molecule has 2 aromatic rings. The Balaban J connectivity index is 1.57. The van der Waals surface area contributed by atoms with Gasteiger partial charge in [0.2, 0.25) is 0 Å². The van der Waals surface area contributed by atoms with Crippen molar-refractivity contribution in [3.63, 3.8) is 0 Å². The Hall–Kier alpha value is -2.63. The molecular formula is C19H21N3O3. The van der Waals surface area contributed by atoms with Crippen LogP contribution >= 0.6 is 0 Å². The van der Waals surface area contributed by atoms with E-state index in [1.54, 1.807) is 11.0 Å². The molecule has 0 saturated heterocycles. The zero-order chi connectivity index (χ0) is 17.4. The highest BCUT2D eigenvalue weighted by Crippen LogP contribution is 2.31. The van der Waals surface area contributed by atoms with Crippen LogP contribution < -0.4 is 0 Å². The number of carboxylic acid groups (broad SMARTS) is 1. The first-order chi connectivity index (χ1) is 12.1. The van der Waals surface area contributed by atoms with Crippen molar-refractivity contribution in [1.29, 1.82) is 0 Å². The van der Waals surface area contributed by atoms with Crippen molar-refractivity contribution >= 4 is 11.9 Å². The number of aromatic nitrogens is 2. The second kappa shape index (κ2) is 6.35. The molecule has 1 amide bonds. The molecule has 6 heteroatoms. The summed E-state index contributed by atoms with van der Waals surface area (Å²) in [5.74, 6) is -1.79. The molecule has 1 N–H and O–H groups in total. The Morgan fingerprint density at radius 2 is 1.88 bits per heavy atom. The second-order valence-corrected chi connectivity index (χ2v) is 6.89. The van der Waals surface area contributed by atoms with Crippen LogP contribution in [0, 0.1) is 0 Å². The van der Waals surface area contributed by atoms with Crippen LogP contribution in [0.15, 0.2) is 36.5 Å². The first-order valence-electron chi connectivity index (χ1n) is 8.78. The van der Waals surface area contributed by atoms with Gasteiger partial charge >= 0.3 is 5.97 Å². The van der Waals surface area contributed by atoms with Crippen LogP contribution in [0.25, 0.3) is 0 Å². The summed E-state index contributed by atoms with van der Waals surface area (Å²) in [6.07, 6.45) is 6.49. The molecule has 0 bridgehead atoms. The maximum atomic E-state index is 12.9. The lowest BCUT2D eigenvalue weighted by Crippen LogP contribution is -2.40. The molecule has 25 heavy (non-hydrogen) atoms. The first-order valence-corrected chi connectivity index (χ1v) is 8.78. The summed E-state index contributed by atoms with van der Waals surface area (Å²) in [4.78, 5) is 26.1. The molecule has 4 rings (SSSR count). The maximum Gasteiger partial charge on any atom is 0.312 e. The van der Waals surface area contributed by atoms with Gasteiger partial charge < -0.3 is 10.0 Å². The fourth-order valence-corrected chi connectivity index (χ4v) is 3.96. The smallest absolute Gasteiger partial charge is 0.312 e. The average Bonchev–Trinajstić information content (AvgIpc) is 3.31. The van der Waals surface area contributed by atoms with Crippen LogP contribution in [0.2, 0.25) is 0 Å². The van der Waals surface area contributed by atoms with Crippen molar-refractivity contribution in [3.05, 3.63) is 53.3 Å². The largest absolute Gasteiger partial charge is 0.481 e. The van der Waals surface area contributed by atoms with E-state index in [1.165, 1.54) is 12.8 Å². The molecule has 1 atom stereocenters. The minimum Gasteiger partial charge on any atom is -0.481 e. The summed E-state index contributed by atoms with van der Waals surface area (Å²) in [7, 11) is 0. The number of fused-ring (bicyclic) bond motifs is 1. The molecule has 0 unspecified atom stereocenters. The quantitative estimate of drug-likeness (QED) is 0.933. The van der Waals surface area contributed by atoms with Gasteiger partial charge in [-0.1, -0.05) is 37.1 Å². The molecule has 1 aliphatic heterocycles. The highest BCUT2D eigenvalue weighted by Gasteiger charge is 2.33. The topological polar surface area (TPSA) is 75.4 Å². The van der Waals surface area contributed by atoms with Crippen LogP contribution in [0.1, 0.15) is 59.3 Å². The standard InChI is InChI=1S/C19H21N3O3/c23-18(17-9-10-22(20-17)14-6-2-3-7-14)21-11-13-5-1-4-8-15(13)16(12-21)19(24)25/h1,4-5,8-10,14,16H,2-3,6-7,11-12H2,(H,24,25)/t16-/m1/s1. The summed E-state index contributed by atoms with van der Waals surface area (Å²) in [5, 5.41) is 14.0. The van der Waals surface area contributed by atoms with Gasteiger partial charge in [-0.15, -0.1) is 0 Å². The van der Waals surface area contributed by atoms with Gasteiger partial charge in [0.15, 0.2) is 0 Å². The molecule has 1 aliphatic carbocycles. The van der Waals surface area contributed by atoms with E-state index in [1.807, 2.05) is 35.1 Å². The van der Waals surface area contributed by atoms with E-state index in [2.05, 4.69) is 5.10 Å².